The van der Waals surface area contributed by atoms with E-state index in [0.717, 1.165) is 69.3 Å². The predicted octanol–water partition coefficient (Wildman–Crippen LogP) is 9.51. The number of aromatic nitrogens is 1. The van der Waals surface area contributed by atoms with Crippen LogP contribution in [0.5, 0.6) is 0 Å². The number of pyridine rings is 1. The van der Waals surface area contributed by atoms with Gasteiger partial charge in [-0.1, -0.05) is 123 Å². The van der Waals surface area contributed by atoms with Gasteiger partial charge in [-0.05, 0) is 54.7 Å². The molecule has 0 unspecified atom stereocenters. The Morgan fingerprint density at radius 2 is 1.05 bits per heavy atom. The first-order chi connectivity index (χ1) is 19.6. The van der Waals surface area contributed by atoms with Crippen molar-refractivity contribution in [3.8, 4) is 0 Å². The average Bonchev–Trinajstić information content (AvgIpc) is 3.00. The van der Waals surface area contributed by atoms with Crippen molar-refractivity contribution in [2.45, 2.75) is 33.6 Å². The molecule has 4 heteroatoms. The van der Waals surface area contributed by atoms with Crippen LogP contribution >= 0.6 is 11.6 Å². The molecule has 0 saturated heterocycles. The maximum absolute atomic E-state index is 6.68. The molecule has 0 bridgehead atoms. The molecular formula is C36H32ClN3. The zero-order valence-corrected chi connectivity index (χ0v) is 23.9. The Balaban J connectivity index is 1.73. The highest BCUT2D eigenvalue weighted by Gasteiger charge is 2.16. The van der Waals surface area contributed by atoms with Gasteiger partial charge in [-0.3, -0.25) is 0 Å². The van der Waals surface area contributed by atoms with E-state index in [1.807, 2.05) is 66.7 Å². The molecule has 198 valence electrons. The highest BCUT2D eigenvalue weighted by molar-refractivity contribution is 6.33. The zero-order valence-electron chi connectivity index (χ0n) is 23.1. The van der Waals surface area contributed by atoms with E-state index in [4.69, 9.17) is 26.6 Å². The maximum atomic E-state index is 6.68. The third kappa shape index (κ3) is 5.95. The number of para-hydroxylation sites is 2. The topological polar surface area (TPSA) is 37.6 Å². The van der Waals surface area contributed by atoms with Gasteiger partial charge in [0, 0.05) is 11.1 Å². The van der Waals surface area contributed by atoms with Gasteiger partial charge in [-0.2, -0.15) is 0 Å². The van der Waals surface area contributed by atoms with E-state index in [1.165, 1.54) is 5.56 Å². The standard InChI is InChI=1S/C36H32ClN3/c1-4-26-20-12-15-25(3)33(26)39-35(28-16-8-6-9-17-28)31-23-14-24-32(38-31)36(29-18-10-7-11-19-29)40-34-27(5-2)21-13-22-30(34)37/h6-24H,4-5H2,1-3H3. The van der Waals surface area contributed by atoms with Gasteiger partial charge in [0.1, 0.15) is 0 Å². The van der Waals surface area contributed by atoms with Crippen molar-refractivity contribution in [1.82, 2.24) is 4.98 Å². The second-order valence-electron chi connectivity index (χ2n) is 9.60. The predicted molar refractivity (Wildman–Crippen MR) is 169 cm³/mol. The molecule has 0 aliphatic rings. The van der Waals surface area contributed by atoms with Crippen molar-refractivity contribution >= 4 is 34.4 Å². The number of nitrogens with zero attached hydrogens (tertiary/aromatic N) is 3. The van der Waals surface area contributed by atoms with Crippen LogP contribution in [0.15, 0.2) is 125 Å². The highest BCUT2D eigenvalue weighted by Crippen LogP contribution is 2.31. The molecule has 0 radical (unpaired) electrons. The molecule has 5 rings (SSSR count). The first-order valence-corrected chi connectivity index (χ1v) is 14.1. The summed E-state index contributed by atoms with van der Waals surface area (Å²) < 4.78 is 0. The number of halogens is 1. The second-order valence-corrected chi connectivity index (χ2v) is 10.0. The third-order valence-corrected chi connectivity index (χ3v) is 7.23. The quantitative estimate of drug-likeness (QED) is 0.180. The van der Waals surface area contributed by atoms with Crippen LogP contribution in [0.2, 0.25) is 5.02 Å². The van der Waals surface area contributed by atoms with E-state index in [2.05, 4.69) is 69.3 Å². The highest BCUT2D eigenvalue weighted by atomic mass is 35.5. The van der Waals surface area contributed by atoms with Crippen LogP contribution in [0, 0.1) is 6.92 Å². The fourth-order valence-corrected chi connectivity index (χ4v) is 5.03. The van der Waals surface area contributed by atoms with E-state index < -0.39 is 0 Å². The van der Waals surface area contributed by atoms with Gasteiger partial charge in [0.15, 0.2) is 0 Å². The summed E-state index contributed by atoms with van der Waals surface area (Å²) in [5.74, 6) is 0. The van der Waals surface area contributed by atoms with Gasteiger partial charge in [0.2, 0.25) is 0 Å². The van der Waals surface area contributed by atoms with Crippen molar-refractivity contribution < 1.29 is 0 Å². The minimum Gasteiger partial charge on any atom is -0.246 e. The molecular weight excluding hydrogens is 510 g/mol. The molecule has 0 aliphatic heterocycles. The summed E-state index contributed by atoms with van der Waals surface area (Å²) in [5, 5.41) is 0.627. The van der Waals surface area contributed by atoms with Gasteiger partial charge in [-0.15, -0.1) is 0 Å². The normalized spacial score (nSPS) is 12.0. The second kappa shape index (κ2) is 12.7. The number of hydrogen-bond acceptors (Lipinski definition) is 3. The fraction of sp³-hybridized carbons (Fsp3) is 0.139. The number of hydrogen-bond donors (Lipinski definition) is 0. The smallest absolute Gasteiger partial charge is 0.0966 e. The summed E-state index contributed by atoms with van der Waals surface area (Å²) in [5.41, 5.74) is 10.3. The van der Waals surface area contributed by atoms with Crippen LogP contribution in [0.1, 0.15) is 53.1 Å². The number of aryl methyl sites for hydroxylation is 3. The van der Waals surface area contributed by atoms with E-state index in [0.29, 0.717) is 5.02 Å². The first-order valence-electron chi connectivity index (χ1n) is 13.7. The van der Waals surface area contributed by atoms with Crippen LogP contribution in [0.4, 0.5) is 11.4 Å². The lowest BCUT2D eigenvalue weighted by Crippen LogP contribution is -2.12. The molecule has 0 amide bonds. The fourth-order valence-electron chi connectivity index (χ4n) is 4.79. The molecule has 0 N–H and O–H groups in total. The summed E-state index contributed by atoms with van der Waals surface area (Å²) in [6.07, 6.45) is 1.73. The number of rotatable bonds is 8. The van der Waals surface area contributed by atoms with E-state index in [1.54, 1.807) is 0 Å². The molecule has 0 fully saturated rings. The molecule has 5 aromatic rings. The van der Waals surface area contributed by atoms with Crippen molar-refractivity contribution in [1.29, 1.82) is 0 Å². The van der Waals surface area contributed by atoms with Crippen molar-refractivity contribution in [3.63, 3.8) is 0 Å². The zero-order chi connectivity index (χ0) is 27.9. The van der Waals surface area contributed by atoms with Crippen molar-refractivity contribution in [3.05, 3.63) is 159 Å². The van der Waals surface area contributed by atoms with Crippen molar-refractivity contribution in [2.24, 2.45) is 9.98 Å². The van der Waals surface area contributed by atoms with Crippen LogP contribution in [0.3, 0.4) is 0 Å². The Morgan fingerprint density at radius 1 is 0.575 bits per heavy atom. The van der Waals surface area contributed by atoms with Crippen LogP contribution < -0.4 is 0 Å². The Kier molecular flexibility index (Phi) is 8.63. The van der Waals surface area contributed by atoms with Gasteiger partial charge in [-0.25, -0.2) is 15.0 Å². The average molecular weight is 542 g/mol. The van der Waals surface area contributed by atoms with Gasteiger partial charge >= 0.3 is 0 Å². The van der Waals surface area contributed by atoms with Crippen molar-refractivity contribution in [2.75, 3.05) is 0 Å². The number of benzene rings is 4. The lowest BCUT2D eigenvalue weighted by Gasteiger charge is -2.14. The molecule has 1 aromatic heterocycles. The molecule has 0 spiro atoms. The minimum atomic E-state index is 0.627. The lowest BCUT2D eigenvalue weighted by atomic mass is 10.0. The largest absolute Gasteiger partial charge is 0.246 e. The monoisotopic (exact) mass is 541 g/mol. The summed E-state index contributed by atoms with van der Waals surface area (Å²) in [6.45, 7) is 6.39. The van der Waals surface area contributed by atoms with E-state index in [-0.39, 0.29) is 0 Å². The molecule has 0 aliphatic carbocycles. The van der Waals surface area contributed by atoms with Gasteiger partial charge in [0.25, 0.3) is 0 Å². The van der Waals surface area contributed by atoms with E-state index >= 15 is 0 Å². The first kappa shape index (κ1) is 27.2. The van der Waals surface area contributed by atoms with Gasteiger partial charge in [0.05, 0.1) is 39.2 Å². The molecule has 0 saturated carbocycles. The maximum Gasteiger partial charge on any atom is 0.0966 e. The summed E-state index contributed by atoms with van der Waals surface area (Å²) in [6, 6.07) is 38.8. The van der Waals surface area contributed by atoms with Crippen LogP contribution in [-0.2, 0) is 12.8 Å². The lowest BCUT2D eigenvalue weighted by molar-refractivity contribution is 1.12. The molecule has 3 nitrogen and oxygen atoms in total. The van der Waals surface area contributed by atoms with Gasteiger partial charge < -0.3 is 0 Å². The summed E-state index contributed by atoms with van der Waals surface area (Å²) in [4.78, 5) is 15.6. The Morgan fingerprint density at radius 3 is 1.60 bits per heavy atom. The Hall–Kier alpha value is -4.34. The Bertz CT molecular complexity index is 1550. The summed E-state index contributed by atoms with van der Waals surface area (Å²) >= 11 is 6.68. The molecule has 40 heavy (non-hydrogen) atoms. The molecule has 4 aromatic carbocycles. The minimum absolute atomic E-state index is 0.627. The van der Waals surface area contributed by atoms with Crippen LogP contribution in [-0.4, -0.2) is 16.4 Å². The third-order valence-electron chi connectivity index (χ3n) is 6.93. The SMILES string of the molecule is CCc1cccc(C)c1N=C(c1ccccc1)c1cccc(C(=Nc2c(Cl)cccc2CC)c2ccccc2)n1. The Labute approximate surface area is 242 Å². The summed E-state index contributed by atoms with van der Waals surface area (Å²) in [7, 11) is 0. The number of aliphatic imine (C=N–C) groups is 2. The van der Waals surface area contributed by atoms with Crippen LogP contribution in [0.25, 0.3) is 0 Å². The molecule has 1 heterocycles. The van der Waals surface area contributed by atoms with E-state index in [9.17, 15) is 0 Å². The molecule has 0 atom stereocenters.